The Labute approximate surface area is 211 Å². The molecule has 3 aliphatic carbocycles. The zero-order chi connectivity index (χ0) is 24.6. The molecular formula is C29H34N6O. The number of nitrogens with one attached hydrogen (secondary N) is 2. The minimum absolute atomic E-state index is 0.0208. The average molecular weight is 483 g/mol. The molecule has 0 aliphatic heterocycles. The molecule has 4 aromatic rings. The lowest BCUT2D eigenvalue weighted by Gasteiger charge is -2.58. The van der Waals surface area contributed by atoms with Gasteiger partial charge in [0.2, 0.25) is 5.65 Å². The van der Waals surface area contributed by atoms with Crippen LogP contribution in [0.5, 0.6) is 0 Å². The van der Waals surface area contributed by atoms with Crippen LogP contribution in [0, 0.1) is 0 Å². The van der Waals surface area contributed by atoms with E-state index in [-0.39, 0.29) is 23.0 Å². The Morgan fingerprint density at radius 1 is 1.03 bits per heavy atom. The first-order valence-corrected chi connectivity index (χ1v) is 13.0. The van der Waals surface area contributed by atoms with Crippen LogP contribution >= 0.6 is 0 Å². The number of anilines is 1. The number of aromatic amines is 1. The molecule has 4 N–H and O–H groups in total. The van der Waals surface area contributed by atoms with Gasteiger partial charge in [-0.1, -0.05) is 60.7 Å². The number of ether oxygens (including phenoxy) is 1. The predicted molar refractivity (Wildman–Crippen MR) is 142 cm³/mol. The second-order valence-corrected chi connectivity index (χ2v) is 10.5. The van der Waals surface area contributed by atoms with E-state index in [2.05, 4.69) is 86.4 Å². The maximum atomic E-state index is 6.16. The molecule has 0 amide bonds. The van der Waals surface area contributed by atoms with Gasteiger partial charge in [0, 0.05) is 18.6 Å². The van der Waals surface area contributed by atoms with Crippen molar-refractivity contribution < 1.29 is 4.74 Å². The number of hydrogen-bond acceptors (Lipinski definition) is 6. The molecule has 7 heteroatoms. The topological polar surface area (TPSA) is 102 Å². The molecule has 0 spiro atoms. The zero-order valence-electron chi connectivity index (χ0n) is 20.8. The molecule has 36 heavy (non-hydrogen) atoms. The summed E-state index contributed by atoms with van der Waals surface area (Å²) in [5.74, 6) is 0.597. The highest BCUT2D eigenvalue weighted by Gasteiger charge is 2.55. The van der Waals surface area contributed by atoms with Gasteiger partial charge < -0.3 is 15.8 Å². The Kier molecular flexibility index (Phi) is 5.97. The Balaban J connectivity index is 1.24. The molecule has 0 saturated heterocycles. The summed E-state index contributed by atoms with van der Waals surface area (Å²) in [6, 6.07) is 23.6. The smallest absolute Gasteiger partial charge is 0.203 e. The lowest BCUT2D eigenvalue weighted by atomic mass is 9.53. The first kappa shape index (κ1) is 23.1. The largest absolute Gasteiger partial charge is 0.384 e. The van der Waals surface area contributed by atoms with Crippen LogP contribution in [0.4, 0.5) is 5.82 Å². The third kappa shape index (κ3) is 3.96. The van der Waals surface area contributed by atoms with E-state index in [1.54, 1.807) is 0 Å². The standard InChI is InChI=1S/C29H34N6O/c1-36-24-19-28(21-10-6-3-7-11-21)13-15-29(24,16-14-28)31-17-12-22(20-8-4-2-5-9-20)23-18-25(30)32-27-26(23)33-35-34-27/h2-11,18,22,24,31H,12-17,19H2,1H3,(H3,30,32,33,34,35). The maximum Gasteiger partial charge on any atom is 0.203 e. The fraction of sp³-hybridized carbons (Fsp3) is 0.414. The lowest BCUT2D eigenvalue weighted by molar-refractivity contribution is -0.0766. The van der Waals surface area contributed by atoms with E-state index in [1.807, 2.05) is 13.2 Å². The minimum Gasteiger partial charge on any atom is -0.384 e. The SMILES string of the molecule is COC1CC2(c3ccccc3)CCC1(NCCC(c1ccccc1)c1cc(N)nc3n[nH]nc13)CC2. The molecule has 186 valence electrons. The summed E-state index contributed by atoms with van der Waals surface area (Å²) < 4.78 is 6.16. The van der Waals surface area contributed by atoms with Crippen LogP contribution in [0.3, 0.4) is 0 Å². The highest BCUT2D eigenvalue weighted by molar-refractivity contribution is 5.77. The van der Waals surface area contributed by atoms with Gasteiger partial charge in [-0.3, -0.25) is 0 Å². The van der Waals surface area contributed by atoms with E-state index in [4.69, 9.17) is 10.5 Å². The van der Waals surface area contributed by atoms with E-state index in [1.165, 1.54) is 24.0 Å². The minimum atomic E-state index is 0.0208. The van der Waals surface area contributed by atoms with Crippen LogP contribution in [-0.4, -0.2) is 45.7 Å². The van der Waals surface area contributed by atoms with Crippen molar-refractivity contribution in [2.75, 3.05) is 19.4 Å². The number of pyridine rings is 1. The van der Waals surface area contributed by atoms with Crippen molar-refractivity contribution in [1.82, 2.24) is 25.7 Å². The van der Waals surface area contributed by atoms with Crippen LogP contribution in [0.1, 0.15) is 61.1 Å². The summed E-state index contributed by atoms with van der Waals surface area (Å²) >= 11 is 0. The van der Waals surface area contributed by atoms with E-state index < -0.39 is 0 Å². The van der Waals surface area contributed by atoms with E-state index in [0.717, 1.165) is 43.3 Å². The molecular weight excluding hydrogens is 448 g/mol. The van der Waals surface area contributed by atoms with Crippen LogP contribution in [0.2, 0.25) is 0 Å². The number of methoxy groups -OCH3 is 1. The van der Waals surface area contributed by atoms with Gasteiger partial charge in [0.05, 0.1) is 6.10 Å². The van der Waals surface area contributed by atoms with Crippen molar-refractivity contribution >= 4 is 17.0 Å². The van der Waals surface area contributed by atoms with Crippen molar-refractivity contribution in [3.05, 3.63) is 83.4 Å². The first-order valence-electron chi connectivity index (χ1n) is 13.0. The molecule has 3 aliphatic rings. The highest BCUT2D eigenvalue weighted by Crippen LogP contribution is 2.54. The van der Waals surface area contributed by atoms with Gasteiger partial charge in [-0.05, 0) is 73.2 Å². The van der Waals surface area contributed by atoms with Crippen LogP contribution in [-0.2, 0) is 10.2 Å². The summed E-state index contributed by atoms with van der Waals surface area (Å²) in [5, 5.41) is 15.3. The van der Waals surface area contributed by atoms with Crippen molar-refractivity contribution in [1.29, 1.82) is 0 Å². The number of nitrogens with zero attached hydrogens (tertiary/aromatic N) is 3. The molecule has 2 atom stereocenters. The molecule has 7 nitrogen and oxygen atoms in total. The van der Waals surface area contributed by atoms with Crippen molar-refractivity contribution in [2.24, 2.45) is 0 Å². The van der Waals surface area contributed by atoms with E-state index in [9.17, 15) is 0 Å². The zero-order valence-corrected chi connectivity index (χ0v) is 20.8. The number of H-pyrrole nitrogens is 1. The Bertz CT molecular complexity index is 1310. The molecule has 2 aromatic carbocycles. The van der Waals surface area contributed by atoms with E-state index >= 15 is 0 Å². The summed E-state index contributed by atoms with van der Waals surface area (Å²) in [6.45, 7) is 0.874. The van der Waals surface area contributed by atoms with Gasteiger partial charge in [-0.25, -0.2) is 4.98 Å². The Morgan fingerprint density at radius 2 is 1.75 bits per heavy atom. The molecule has 2 heterocycles. The van der Waals surface area contributed by atoms with Gasteiger partial charge in [-0.15, -0.1) is 5.10 Å². The third-order valence-electron chi connectivity index (χ3n) is 8.79. The van der Waals surface area contributed by atoms with Crippen LogP contribution in [0.25, 0.3) is 11.2 Å². The lowest BCUT2D eigenvalue weighted by Crippen LogP contribution is -2.65. The third-order valence-corrected chi connectivity index (χ3v) is 8.79. The summed E-state index contributed by atoms with van der Waals surface area (Å²) in [4.78, 5) is 4.35. The summed E-state index contributed by atoms with van der Waals surface area (Å²) in [5.41, 5.74) is 11.6. The number of nitrogens with two attached hydrogens (primary N) is 1. The number of fused-ring (bicyclic) bond motifs is 4. The van der Waals surface area contributed by atoms with Crippen molar-refractivity contribution in [3.63, 3.8) is 0 Å². The van der Waals surface area contributed by atoms with Crippen LogP contribution in [0.15, 0.2) is 66.7 Å². The predicted octanol–water partition coefficient (Wildman–Crippen LogP) is 4.72. The monoisotopic (exact) mass is 482 g/mol. The molecule has 2 unspecified atom stereocenters. The average Bonchev–Trinajstić information content (AvgIpc) is 3.41. The van der Waals surface area contributed by atoms with Gasteiger partial charge in [0.15, 0.2) is 0 Å². The quantitative estimate of drug-likeness (QED) is 0.336. The number of aromatic nitrogens is 4. The van der Waals surface area contributed by atoms with Crippen molar-refractivity contribution in [3.8, 4) is 0 Å². The molecule has 2 bridgehead atoms. The maximum absolute atomic E-state index is 6.16. The summed E-state index contributed by atoms with van der Waals surface area (Å²) in [6.07, 6.45) is 6.85. The number of rotatable bonds is 8. The molecule has 0 radical (unpaired) electrons. The van der Waals surface area contributed by atoms with E-state index in [0.29, 0.717) is 11.5 Å². The van der Waals surface area contributed by atoms with Crippen molar-refractivity contribution in [2.45, 2.75) is 61.5 Å². The van der Waals surface area contributed by atoms with Gasteiger partial charge in [0.1, 0.15) is 11.3 Å². The fourth-order valence-corrected chi connectivity index (χ4v) is 6.85. The summed E-state index contributed by atoms with van der Waals surface area (Å²) in [7, 11) is 1.88. The fourth-order valence-electron chi connectivity index (χ4n) is 6.85. The molecule has 3 saturated carbocycles. The highest BCUT2D eigenvalue weighted by atomic mass is 16.5. The normalized spacial score (nSPS) is 26.3. The molecule has 7 rings (SSSR count). The molecule has 3 fully saturated rings. The Morgan fingerprint density at radius 3 is 2.47 bits per heavy atom. The number of nitrogen functional groups attached to an aromatic ring is 1. The first-order chi connectivity index (χ1) is 17.6. The number of hydrogen-bond donors (Lipinski definition) is 3. The second-order valence-electron chi connectivity index (χ2n) is 10.5. The van der Waals surface area contributed by atoms with Crippen LogP contribution < -0.4 is 11.1 Å². The van der Waals surface area contributed by atoms with Gasteiger partial charge in [-0.2, -0.15) is 10.3 Å². The second kappa shape index (κ2) is 9.30. The number of benzene rings is 2. The Hall–Kier alpha value is -3.29. The van der Waals surface area contributed by atoms with Gasteiger partial charge >= 0.3 is 0 Å². The molecule has 2 aromatic heterocycles. The van der Waals surface area contributed by atoms with Gasteiger partial charge in [0.25, 0.3) is 0 Å².